The first-order valence-corrected chi connectivity index (χ1v) is 6.39. The van der Waals surface area contributed by atoms with Gasteiger partial charge in [-0.1, -0.05) is 6.07 Å². The molecule has 0 spiro atoms. The van der Waals surface area contributed by atoms with Crippen molar-refractivity contribution in [3.8, 4) is 11.5 Å². The van der Waals surface area contributed by atoms with E-state index >= 15 is 0 Å². The van der Waals surface area contributed by atoms with Gasteiger partial charge in [0.15, 0.2) is 0 Å². The lowest BCUT2D eigenvalue weighted by Crippen LogP contribution is -2.02. The number of carbonyl (C=O) groups is 1. The van der Waals surface area contributed by atoms with Crippen LogP contribution in [0.5, 0.6) is 0 Å². The average Bonchev–Trinajstić information content (AvgIpc) is 2.86. The third kappa shape index (κ3) is 2.50. The Morgan fingerprint density at radius 2 is 2.00 bits per heavy atom. The predicted molar refractivity (Wildman–Crippen MR) is 67.7 cm³/mol. The number of fused-ring (bicyclic) bond motifs is 1. The van der Waals surface area contributed by atoms with Crippen molar-refractivity contribution >= 4 is 5.97 Å². The molecule has 1 heterocycles. The van der Waals surface area contributed by atoms with Gasteiger partial charge in [-0.3, -0.25) is 4.79 Å². The van der Waals surface area contributed by atoms with Crippen LogP contribution in [-0.4, -0.2) is 21.3 Å². The SMILES string of the molecule is O=C(O)Cc1nnc(-c2ccc3c(c2)CCCC3)o1. The van der Waals surface area contributed by atoms with E-state index in [1.54, 1.807) is 0 Å². The van der Waals surface area contributed by atoms with E-state index in [1.165, 1.54) is 24.0 Å². The normalized spacial score (nSPS) is 14.1. The maximum atomic E-state index is 10.6. The fourth-order valence-corrected chi connectivity index (χ4v) is 2.44. The molecule has 0 bridgehead atoms. The van der Waals surface area contributed by atoms with Gasteiger partial charge in [0, 0.05) is 5.56 Å². The lowest BCUT2D eigenvalue weighted by atomic mass is 9.90. The van der Waals surface area contributed by atoms with Crippen LogP contribution in [0.4, 0.5) is 0 Å². The van der Waals surface area contributed by atoms with Crippen LogP contribution in [0.1, 0.15) is 29.9 Å². The molecule has 0 unspecified atom stereocenters. The van der Waals surface area contributed by atoms with Crippen LogP contribution in [0, 0.1) is 0 Å². The van der Waals surface area contributed by atoms with Gasteiger partial charge in [-0.15, -0.1) is 10.2 Å². The van der Waals surface area contributed by atoms with Gasteiger partial charge < -0.3 is 9.52 Å². The maximum absolute atomic E-state index is 10.6. The highest BCUT2D eigenvalue weighted by atomic mass is 16.4. The van der Waals surface area contributed by atoms with Crippen molar-refractivity contribution in [3.63, 3.8) is 0 Å². The second-order valence-electron chi connectivity index (χ2n) is 4.76. The molecule has 0 atom stereocenters. The number of hydrogen-bond acceptors (Lipinski definition) is 4. The lowest BCUT2D eigenvalue weighted by molar-refractivity contribution is -0.136. The number of carboxylic acids is 1. The van der Waals surface area contributed by atoms with Crippen LogP contribution in [0.3, 0.4) is 0 Å². The Kier molecular flexibility index (Phi) is 3.03. The molecule has 0 fully saturated rings. The second-order valence-corrected chi connectivity index (χ2v) is 4.76. The standard InChI is InChI=1S/C14H14N2O3/c17-13(18)8-12-15-16-14(19-12)11-6-5-9-3-1-2-4-10(9)7-11/h5-7H,1-4,8H2,(H,17,18). The van der Waals surface area contributed by atoms with Crippen molar-refractivity contribution in [2.24, 2.45) is 0 Å². The number of benzene rings is 1. The molecule has 1 aromatic heterocycles. The summed E-state index contributed by atoms with van der Waals surface area (Å²) in [6.45, 7) is 0. The zero-order valence-electron chi connectivity index (χ0n) is 10.4. The van der Waals surface area contributed by atoms with Crippen LogP contribution in [0.25, 0.3) is 11.5 Å². The first kappa shape index (κ1) is 11.9. The third-order valence-electron chi connectivity index (χ3n) is 3.36. The van der Waals surface area contributed by atoms with Gasteiger partial charge in [0.05, 0.1) is 0 Å². The smallest absolute Gasteiger partial charge is 0.312 e. The quantitative estimate of drug-likeness (QED) is 0.913. The van der Waals surface area contributed by atoms with E-state index in [-0.39, 0.29) is 12.3 Å². The van der Waals surface area contributed by atoms with Crippen molar-refractivity contribution in [2.45, 2.75) is 32.1 Å². The summed E-state index contributed by atoms with van der Waals surface area (Å²) in [5, 5.41) is 16.3. The lowest BCUT2D eigenvalue weighted by Gasteiger charge is -2.15. The molecule has 1 aliphatic rings. The van der Waals surface area contributed by atoms with E-state index in [2.05, 4.69) is 22.3 Å². The molecule has 98 valence electrons. The van der Waals surface area contributed by atoms with E-state index in [9.17, 15) is 4.79 Å². The van der Waals surface area contributed by atoms with Crippen LogP contribution >= 0.6 is 0 Å². The number of aromatic nitrogens is 2. The highest BCUT2D eigenvalue weighted by Crippen LogP contribution is 2.26. The number of hydrogen-bond donors (Lipinski definition) is 1. The molecule has 19 heavy (non-hydrogen) atoms. The van der Waals surface area contributed by atoms with Gasteiger partial charge in [0.25, 0.3) is 0 Å². The van der Waals surface area contributed by atoms with E-state index in [0.29, 0.717) is 5.89 Å². The largest absolute Gasteiger partial charge is 0.481 e. The summed E-state index contributed by atoms with van der Waals surface area (Å²) in [5.41, 5.74) is 3.59. The molecular weight excluding hydrogens is 244 g/mol. The minimum absolute atomic E-state index is 0.139. The van der Waals surface area contributed by atoms with E-state index in [1.807, 2.05) is 6.07 Å². The molecule has 5 heteroatoms. The van der Waals surface area contributed by atoms with Crippen LogP contribution in [0.15, 0.2) is 22.6 Å². The van der Waals surface area contributed by atoms with Gasteiger partial charge in [0.2, 0.25) is 11.8 Å². The van der Waals surface area contributed by atoms with Crippen molar-refractivity contribution in [1.29, 1.82) is 0 Å². The molecule has 0 radical (unpaired) electrons. The third-order valence-corrected chi connectivity index (χ3v) is 3.36. The summed E-state index contributed by atoms with van der Waals surface area (Å²) in [5.74, 6) is -0.439. The minimum atomic E-state index is -0.972. The molecule has 0 saturated carbocycles. The van der Waals surface area contributed by atoms with Gasteiger partial charge in [-0.2, -0.15) is 0 Å². The summed E-state index contributed by atoms with van der Waals surface area (Å²) in [7, 11) is 0. The summed E-state index contributed by atoms with van der Waals surface area (Å²) >= 11 is 0. The average molecular weight is 258 g/mol. The molecule has 3 rings (SSSR count). The van der Waals surface area contributed by atoms with Gasteiger partial charge in [0.1, 0.15) is 6.42 Å². The second kappa shape index (κ2) is 4.84. The topological polar surface area (TPSA) is 76.2 Å². The van der Waals surface area contributed by atoms with Crippen LogP contribution in [-0.2, 0) is 24.1 Å². The van der Waals surface area contributed by atoms with Crippen molar-refractivity contribution in [2.75, 3.05) is 0 Å². The van der Waals surface area contributed by atoms with Gasteiger partial charge in [-0.05, 0) is 48.9 Å². The van der Waals surface area contributed by atoms with Crippen LogP contribution < -0.4 is 0 Å². The zero-order chi connectivity index (χ0) is 13.2. The van der Waals surface area contributed by atoms with E-state index < -0.39 is 5.97 Å². The molecule has 0 saturated heterocycles. The van der Waals surface area contributed by atoms with Crippen molar-refractivity contribution in [3.05, 3.63) is 35.2 Å². The zero-order valence-corrected chi connectivity index (χ0v) is 10.4. The van der Waals surface area contributed by atoms with Gasteiger partial charge in [-0.25, -0.2) is 0 Å². The summed E-state index contributed by atoms with van der Waals surface area (Å²) < 4.78 is 5.37. The highest BCUT2D eigenvalue weighted by molar-refractivity contribution is 5.68. The summed E-state index contributed by atoms with van der Waals surface area (Å²) in [4.78, 5) is 10.6. The Morgan fingerprint density at radius 1 is 1.21 bits per heavy atom. The highest BCUT2D eigenvalue weighted by Gasteiger charge is 2.14. The number of aliphatic carboxylic acids is 1. The Labute approximate surface area is 110 Å². The van der Waals surface area contributed by atoms with E-state index in [4.69, 9.17) is 9.52 Å². The molecule has 1 aromatic carbocycles. The molecule has 1 aliphatic carbocycles. The maximum Gasteiger partial charge on any atom is 0.312 e. The first-order chi connectivity index (χ1) is 9.22. The fraction of sp³-hybridized carbons (Fsp3) is 0.357. The molecule has 1 N–H and O–H groups in total. The van der Waals surface area contributed by atoms with Crippen molar-refractivity contribution < 1.29 is 14.3 Å². The molecule has 0 aliphatic heterocycles. The monoisotopic (exact) mass is 258 g/mol. The molecule has 2 aromatic rings. The fourth-order valence-electron chi connectivity index (χ4n) is 2.44. The minimum Gasteiger partial charge on any atom is -0.481 e. The Hall–Kier alpha value is -2.17. The molecule has 0 amide bonds. The first-order valence-electron chi connectivity index (χ1n) is 6.39. The number of nitrogens with zero attached hydrogens (tertiary/aromatic N) is 2. The predicted octanol–water partition coefficient (Wildman–Crippen LogP) is 2.24. The van der Waals surface area contributed by atoms with E-state index in [0.717, 1.165) is 18.4 Å². The number of rotatable bonds is 3. The number of aryl methyl sites for hydroxylation is 2. The van der Waals surface area contributed by atoms with Crippen LogP contribution in [0.2, 0.25) is 0 Å². The Balaban J connectivity index is 1.89. The number of carboxylic acid groups (broad SMARTS) is 1. The van der Waals surface area contributed by atoms with Gasteiger partial charge >= 0.3 is 5.97 Å². The summed E-state index contributed by atoms with van der Waals surface area (Å²) in [6.07, 6.45) is 4.43. The Morgan fingerprint density at radius 3 is 2.79 bits per heavy atom. The molecule has 5 nitrogen and oxygen atoms in total. The molecular formula is C14H14N2O3. The summed E-state index contributed by atoms with van der Waals surface area (Å²) in [6, 6.07) is 6.14. The van der Waals surface area contributed by atoms with Crippen molar-refractivity contribution in [1.82, 2.24) is 10.2 Å². The Bertz CT molecular complexity index is 619.